The third-order valence-corrected chi connectivity index (χ3v) is 8.01. The number of ether oxygens (including phenoxy) is 4. The Kier molecular flexibility index (Phi) is 10.9. The van der Waals surface area contributed by atoms with Crippen LogP contribution in [-0.4, -0.2) is 53.9 Å². The zero-order valence-electron chi connectivity index (χ0n) is 23.7. The number of fused-ring (bicyclic) bond motifs is 1. The van der Waals surface area contributed by atoms with Crippen LogP contribution in [0.2, 0.25) is 0 Å². The van der Waals surface area contributed by atoms with Gasteiger partial charge in [0.15, 0.2) is 17.3 Å². The minimum atomic E-state index is -0.479. The summed E-state index contributed by atoms with van der Waals surface area (Å²) in [6.07, 6.45) is 6.30. The lowest BCUT2D eigenvalue weighted by atomic mass is 10.1. The molecule has 0 unspecified atom stereocenters. The van der Waals surface area contributed by atoms with Gasteiger partial charge in [-0.05, 0) is 82.2 Å². The largest absolute Gasteiger partial charge is 0.494 e. The molecule has 41 heavy (non-hydrogen) atoms. The van der Waals surface area contributed by atoms with Crippen LogP contribution < -0.4 is 18.9 Å². The predicted molar refractivity (Wildman–Crippen MR) is 168 cm³/mol. The van der Waals surface area contributed by atoms with Crippen LogP contribution in [0.15, 0.2) is 56.5 Å². The number of amidine groups is 2. The van der Waals surface area contributed by atoms with E-state index in [2.05, 4.69) is 32.9 Å². The summed E-state index contributed by atoms with van der Waals surface area (Å²) in [7, 11) is 1.55. The molecule has 0 atom stereocenters. The predicted octanol–water partition coefficient (Wildman–Crippen LogP) is 7.15. The fourth-order valence-electron chi connectivity index (χ4n) is 4.02. The molecular weight excluding hydrogens is 608 g/mol. The van der Waals surface area contributed by atoms with Crippen molar-refractivity contribution in [3.8, 4) is 23.0 Å². The smallest absolute Gasteiger partial charge is 0.283 e. The molecule has 2 aromatic rings. The number of unbranched alkanes of at least 4 members (excludes halogenated alkanes) is 3. The molecule has 0 spiro atoms. The molecule has 9 nitrogen and oxygen atoms in total. The molecule has 0 aliphatic carbocycles. The Morgan fingerprint density at radius 2 is 1.71 bits per heavy atom. The average Bonchev–Trinajstić information content (AvgIpc) is 3.39. The number of nitrogens with zero attached hydrogens (tertiary/aromatic N) is 3. The van der Waals surface area contributed by atoms with Crippen molar-refractivity contribution < 1.29 is 23.7 Å². The first-order chi connectivity index (χ1) is 19.8. The number of amides is 1. The Labute approximate surface area is 253 Å². The maximum atomic E-state index is 12.7. The van der Waals surface area contributed by atoms with Gasteiger partial charge in [0.05, 0.1) is 23.8 Å². The molecule has 0 fully saturated rings. The molecule has 2 aliphatic heterocycles. The summed E-state index contributed by atoms with van der Waals surface area (Å²) in [6, 6.07) is 11.1. The zero-order chi connectivity index (χ0) is 29.4. The van der Waals surface area contributed by atoms with Gasteiger partial charge in [-0.1, -0.05) is 40.0 Å². The van der Waals surface area contributed by atoms with E-state index < -0.39 is 5.91 Å². The van der Waals surface area contributed by atoms with Crippen LogP contribution in [0.1, 0.15) is 52.0 Å². The van der Waals surface area contributed by atoms with E-state index in [1.165, 1.54) is 36.0 Å². The topological polar surface area (TPSA) is 106 Å². The number of carbonyl (C=O) groups excluding carboxylic acids is 1. The first-order valence-electron chi connectivity index (χ1n) is 13.7. The lowest BCUT2D eigenvalue weighted by Gasteiger charge is -2.20. The van der Waals surface area contributed by atoms with Crippen molar-refractivity contribution in [3.63, 3.8) is 0 Å². The molecule has 1 N–H and O–H groups in total. The summed E-state index contributed by atoms with van der Waals surface area (Å²) in [5, 5.41) is 15.7. The van der Waals surface area contributed by atoms with E-state index in [0.717, 1.165) is 29.6 Å². The second-order valence-corrected chi connectivity index (χ2v) is 11.6. The molecule has 0 saturated carbocycles. The van der Waals surface area contributed by atoms with Gasteiger partial charge in [0.2, 0.25) is 5.17 Å². The molecule has 1 amide bonds. The average molecular weight is 644 g/mol. The molecule has 218 valence electrons. The maximum absolute atomic E-state index is 12.7. The van der Waals surface area contributed by atoms with Crippen LogP contribution in [0.4, 0.5) is 0 Å². The minimum absolute atomic E-state index is 0.0118. The van der Waals surface area contributed by atoms with Crippen LogP contribution in [0, 0.1) is 11.3 Å². The van der Waals surface area contributed by atoms with Crippen molar-refractivity contribution in [3.05, 3.63) is 52.0 Å². The molecule has 0 bridgehead atoms. The summed E-state index contributed by atoms with van der Waals surface area (Å²) in [5.74, 6) is 2.23. The number of nitrogens with one attached hydrogen (secondary N) is 1. The number of hydrazone groups is 1. The van der Waals surface area contributed by atoms with E-state index in [1.807, 2.05) is 38.1 Å². The van der Waals surface area contributed by atoms with Crippen LogP contribution in [-0.2, 0) is 4.79 Å². The quantitative estimate of drug-likeness (QED) is 0.172. The van der Waals surface area contributed by atoms with E-state index in [4.69, 9.17) is 24.4 Å². The standard InChI is InChI=1S/C30H35BrN4O5S/c1-5-6-7-8-13-38-21-9-11-22(12-10-21)39-14-15-40-26-24(31)17-20(18-25(26)37-4)16-23-27(32)35-30(33-28(23)36)41-29(34-35)19(2)3/h9-12,16-19,32H,5-8,13-15H2,1-4H3/b23-16-,32-27?. The van der Waals surface area contributed by atoms with Crippen LogP contribution >= 0.6 is 27.7 Å². The SMILES string of the molecule is CCCCCCOc1ccc(OCCOc2c(Br)cc(/C=C3/C(=N)N4N=C(C(C)C)SC4=NC3=O)cc2OC)cc1. The van der Waals surface area contributed by atoms with Gasteiger partial charge in [0.1, 0.15) is 29.8 Å². The third-order valence-electron chi connectivity index (χ3n) is 6.22. The lowest BCUT2D eigenvalue weighted by molar-refractivity contribution is -0.114. The van der Waals surface area contributed by atoms with Gasteiger partial charge >= 0.3 is 0 Å². The molecule has 11 heteroatoms. The molecule has 2 aliphatic rings. The van der Waals surface area contributed by atoms with Gasteiger partial charge in [0, 0.05) is 5.92 Å². The highest BCUT2D eigenvalue weighted by Gasteiger charge is 2.36. The number of thioether (sulfide) groups is 1. The fourth-order valence-corrected chi connectivity index (χ4v) is 5.49. The lowest BCUT2D eigenvalue weighted by Crippen LogP contribution is -2.35. The van der Waals surface area contributed by atoms with Gasteiger partial charge in [0.25, 0.3) is 5.91 Å². The van der Waals surface area contributed by atoms with Crippen molar-refractivity contribution in [2.45, 2.75) is 46.5 Å². The number of methoxy groups -OCH3 is 1. The van der Waals surface area contributed by atoms with E-state index >= 15 is 0 Å². The van der Waals surface area contributed by atoms with Crippen molar-refractivity contribution in [1.82, 2.24) is 5.01 Å². The van der Waals surface area contributed by atoms with Gasteiger partial charge in [-0.15, -0.1) is 0 Å². The van der Waals surface area contributed by atoms with E-state index in [-0.39, 0.29) is 23.9 Å². The Balaban J connectivity index is 1.34. The number of carbonyl (C=O) groups is 1. The Bertz CT molecular complexity index is 1360. The van der Waals surface area contributed by atoms with Crippen molar-refractivity contribution in [2.75, 3.05) is 26.9 Å². The molecule has 2 heterocycles. The molecule has 0 saturated heterocycles. The van der Waals surface area contributed by atoms with Crippen LogP contribution in [0.3, 0.4) is 0 Å². The van der Waals surface area contributed by atoms with Gasteiger partial charge in [-0.2, -0.15) is 15.1 Å². The van der Waals surface area contributed by atoms with Gasteiger partial charge < -0.3 is 18.9 Å². The second-order valence-electron chi connectivity index (χ2n) is 9.72. The molecule has 0 radical (unpaired) electrons. The number of hydrogen-bond acceptors (Lipinski definition) is 8. The zero-order valence-corrected chi connectivity index (χ0v) is 26.1. The summed E-state index contributed by atoms with van der Waals surface area (Å²) in [5.41, 5.74) is 0.795. The normalized spacial score (nSPS) is 15.7. The first-order valence-corrected chi connectivity index (χ1v) is 15.3. The maximum Gasteiger partial charge on any atom is 0.283 e. The first kappa shape index (κ1) is 30.6. The van der Waals surface area contributed by atoms with Crippen molar-refractivity contribution >= 4 is 55.7 Å². The minimum Gasteiger partial charge on any atom is -0.494 e. The Morgan fingerprint density at radius 3 is 2.37 bits per heavy atom. The van der Waals surface area contributed by atoms with E-state index in [0.29, 0.717) is 33.3 Å². The summed E-state index contributed by atoms with van der Waals surface area (Å²) < 4.78 is 23.8. The summed E-state index contributed by atoms with van der Waals surface area (Å²) in [4.78, 5) is 16.9. The number of rotatable bonds is 14. The number of benzene rings is 2. The van der Waals surface area contributed by atoms with Crippen molar-refractivity contribution in [1.29, 1.82) is 5.41 Å². The number of halogens is 1. The summed E-state index contributed by atoms with van der Waals surface area (Å²) in [6.45, 7) is 7.55. The summed E-state index contributed by atoms with van der Waals surface area (Å²) >= 11 is 4.87. The molecule has 4 rings (SSSR count). The highest BCUT2D eigenvalue weighted by Crippen LogP contribution is 2.38. The van der Waals surface area contributed by atoms with E-state index in [1.54, 1.807) is 25.3 Å². The third kappa shape index (κ3) is 7.91. The van der Waals surface area contributed by atoms with Crippen molar-refractivity contribution in [2.24, 2.45) is 16.0 Å². The number of aliphatic imine (C=N–C) groups is 1. The van der Waals surface area contributed by atoms with Gasteiger partial charge in [-0.25, -0.2) is 0 Å². The van der Waals surface area contributed by atoms with Gasteiger partial charge in [-0.3, -0.25) is 10.2 Å². The number of hydrogen-bond donors (Lipinski definition) is 1. The monoisotopic (exact) mass is 642 g/mol. The highest BCUT2D eigenvalue weighted by molar-refractivity contribution is 9.10. The Morgan fingerprint density at radius 1 is 1.02 bits per heavy atom. The second kappa shape index (κ2) is 14.5. The van der Waals surface area contributed by atoms with Crippen LogP contribution in [0.5, 0.6) is 23.0 Å². The highest BCUT2D eigenvalue weighted by atomic mass is 79.9. The molecular formula is C30H35BrN4O5S. The van der Waals surface area contributed by atoms with Crippen LogP contribution in [0.25, 0.3) is 6.08 Å². The Hall–Kier alpha value is -3.31. The molecule has 0 aromatic heterocycles. The van der Waals surface area contributed by atoms with E-state index in [9.17, 15) is 4.79 Å². The molecule has 2 aromatic carbocycles. The fraction of sp³-hybridized carbons (Fsp3) is 0.400.